The molecule has 0 atom stereocenters. The third-order valence-electron chi connectivity index (χ3n) is 4.26. The third-order valence-corrected chi connectivity index (χ3v) is 7.29. The first-order valence-corrected chi connectivity index (χ1v) is 10.3. The van der Waals surface area contributed by atoms with Crippen molar-refractivity contribution in [3.63, 3.8) is 0 Å². The van der Waals surface area contributed by atoms with Crippen LogP contribution in [0.4, 0.5) is 5.69 Å². The minimum atomic E-state index is -0.638. The number of nitrogens with zero attached hydrogens (tertiary/aromatic N) is 1. The summed E-state index contributed by atoms with van der Waals surface area (Å²) in [4.78, 5) is 24.6. The number of rotatable bonds is 3. The first-order valence-electron chi connectivity index (χ1n) is 8.23. The maximum Gasteiger partial charge on any atom is 0.338 e. The Hall–Kier alpha value is -2.48. The number of phenols is 1. The van der Waals surface area contributed by atoms with Crippen molar-refractivity contribution in [1.82, 2.24) is 0 Å². The standard InChI is InChI=1S/C20H16INO4/c1-2-26-20(25)12-3-6-15(7-4-12)22-19(24)17-10-13-5-8-16(23)9-14(13)11-18(17)21-22/h3-10,23H,2,11H2,1H3. The number of esters is 1. The fourth-order valence-electron chi connectivity index (χ4n) is 2.99. The second kappa shape index (κ2) is 6.68. The van der Waals surface area contributed by atoms with Crippen molar-refractivity contribution in [2.75, 3.05) is 9.72 Å². The molecule has 0 aromatic heterocycles. The van der Waals surface area contributed by atoms with Crippen molar-refractivity contribution in [1.29, 1.82) is 0 Å². The van der Waals surface area contributed by atoms with Crippen LogP contribution in [0.1, 0.15) is 28.4 Å². The molecule has 2 aliphatic rings. The second-order valence-electron chi connectivity index (χ2n) is 5.96. The molecule has 0 saturated heterocycles. The highest BCUT2D eigenvalue weighted by Gasteiger charge is 2.32. The monoisotopic (exact) mass is 461 g/mol. The Bertz CT molecular complexity index is 976. The molecule has 1 aliphatic heterocycles. The highest BCUT2D eigenvalue weighted by molar-refractivity contribution is 14.2. The molecule has 0 bridgehead atoms. The van der Waals surface area contributed by atoms with Crippen LogP contribution < -0.4 is 3.11 Å². The van der Waals surface area contributed by atoms with Crippen molar-refractivity contribution < 1.29 is 19.4 Å². The summed E-state index contributed by atoms with van der Waals surface area (Å²) in [5.74, 6) is -0.104. The van der Waals surface area contributed by atoms with Gasteiger partial charge in [-0.05, 0) is 60.5 Å². The first-order chi connectivity index (χ1) is 12.6. The fourth-order valence-corrected chi connectivity index (χ4v) is 5.88. The number of carbonyl (C=O) groups is 2. The zero-order valence-electron chi connectivity index (χ0n) is 14.0. The molecule has 2 aromatic rings. The summed E-state index contributed by atoms with van der Waals surface area (Å²) in [5.41, 5.74) is 4.08. The topological polar surface area (TPSA) is 66.8 Å². The lowest BCUT2D eigenvalue weighted by Crippen LogP contribution is -2.21. The Morgan fingerprint density at radius 2 is 2.00 bits per heavy atom. The van der Waals surface area contributed by atoms with E-state index in [-0.39, 0.29) is 17.6 Å². The molecule has 0 unspecified atom stereocenters. The summed E-state index contributed by atoms with van der Waals surface area (Å²) in [6.07, 6.45) is 2.62. The number of phenolic OH excluding ortho intramolecular Hbond substituents is 1. The molecule has 132 valence electrons. The Labute approximate surface area is 161 Å². The van der Waals surface area contributed by atoms with Crippen LogP contribution in [-0.4, -0.2) is 27.1 Å². The van der Waals surface area contributed by atoms with Crippen molar-refractivity contribution >= 4 is 48.2 Å². The van der Waals surface area contributed by atoms with Crippen LogP contribution in [0.25, 0.3) is 6.08 Å². The molecule has 1 amide bonds. The molecule has 2 aromatic carbocycles. The van der Waals surface area contributed by atoms with E-state index < -0.39 is 21.0 Å². The second-order valence-corrected chi connectivity index (χ2v) is 8.71. The van der Waals surface area contributed by atoms with Crippen LogP contribution >= 0.6 is 21.0 Å². The van der Waals surface area contributed by atoms with Gasteiger partial charge in [-0.2, -0.15) is 0 Å². The number of hydrogen-bond acceptors (Lipinski definition) is 4. The van der Waals surface area contributed by atoms with Crippen LogP contribution in [-0.2, 0) is 16.0 Å². The minimum Gasteiger partial charge on any atom is -0.508 e. The number of carbonyl (C=O) groups excluding carboxylic acids is 2. The highest BCUT2D eigenvalue weighted by Crippen LogP contribution is 2.38. The summed E-state index contributed by atoms with van der Waals surface area (Å²) >= 11 is -0.638. The van der Waals surface area contributed by atoms with Crippen LogP contribution in [0, 0.1) is 0 Å². The molecule has 0 radical (unpaired) electrons. The number of hydrogen-bond donors (Lipinski definition) is 1. The van der Waals surface area contributed by atoms with Gasteiger partial charge in [0.15, 0.2) is 0 Å². The quantitative estimate of drug-likeness (QED) is 0.431. The van der Waals surface area contributed by atoms with Gasteiger partial charge < -0.3 is 9.84 Å². The van der Waals surface area contributed by atoms with E-state index in [1.54, 1.807) is 43.3 Å². The van der Waals surface area contributed by atoms with Gasteiger partial charge in [0.2, 0.25) is 0 Å². The molecular weight excluding hydrogens is 445 g/mol. The van der Waals surface area contributed by atoms with Gasteiger partial charge >= 0.3 is 5.97 Å². The molecule has 0 spiro atoms. The predicted molar refractivity (Wildman–Crippen MR) is 109 cm³/mol. The van der Waals surface area contributed by atoms with Crippen molar-refractivity contribution in [3.05, 3.63) is 64.7 Å². The highest BCUT2D eigenvalue weighted by atomic mass is 127. The Balaban J connectivity index is 1.63. The van der Waals surface area contributed by atoms with E-state index in [9.17, 15) is 14.7 Å². The average Bonchev–Trinajstić information content (AvgIpc) is 2.96. The normalized spacial score (nSPS) is 15.4. The zero-order chi connectivity index (χ0) is 18.3. The van der Waals surface area contributed by atoms with Crippen LogP contribution in [0.15, 0.2) is 48.0 Å². The number of fused-ring (bicyclic) bond motifs is 2. The summed E-state index contributed by atoms with van der Waals surface area (Å²) in [6.45, 7) is 2.10. The summed E-state index contributed by atoms with van der Waals surface area (Å²) in [6, 6.07) is 12.2. The molecule has 6 heteroatoms. The molecule has 0 fully saturated rings. The Morgan fingerprint density at radius 1 is 1.23 bits per heavy atom. The molecule has 26 heavy (non-hydrogen) atoms. The van der Waals surface area contributed by atoms with Crippen molar-refractivity contribution in [2.24, 2.45) is 0 Å². The third kappa shape index (κ3) is 2.94. The molecular formula is C20H16INO4. The van der Waals surface area contributed by atoms with Gasteiger partial charge in [0, 0.05) is 30.9 Å². The smallest absolute Gasteiger partial charge is 0.338 e. The van der Waals surface area contributed by atoms with Crippen molar-refractivity contribution in [3.8, 4) is 5.75 Å². The number of anilines is 1. The van der Waals surface area contributed by atoms with Gasteiger partial charge in [-0.25, -0.2) is 4.79 Å². The van der Waals surface area contributed by atoms with Crippen LogP contribution in [0.2, 0.25) is 0 Å². The van der Waals surface area contributed by atoms with E-state index in [0.29, 0.717) is 18.6 Å². The van der Waals surface area contributed by atoms with E-state index >= 15 is 0 Å². The van der Waals surface area contributed by atoms with E-state index in [2.05, 4.69) is 0 Å². The molecule has 1 aliphatic carbocycles. The SMILES string of the molecule is CCOC(=O)c1ccc(N2I=C3Cc4cc(O)ccc4C=C3C2=O)cc1. The Morgan fingerprint density at radius 3 is 2.73 bits per heavy atom. The zero-order valence-corrected chi connectivity index (χ0v) is 16.2. The maximum absolute atomic E-state index is 12.9. The summed E-state index contributed by atoms with van der Waals surface area (Å²) in [7, 11) is 0. The Kier molecular flexibility index (Phi) is 4.36. The lowest BCUT2D eigenvalue weighted by atomic mass is 9.91. The van der Waals surface area contributed by atoms with E-state index in [1.807, 2.05) is 15.3 Å². The number of halogens is 1. The van der Waals surface area contributed by atoms with Gasteiger partial charge in [-0.1, -0.05) is 6.07 Å². The number of aromatic hydroxyl groups is 1. The van der Waals surface area contributed by atoms with Gasteiger partial charge in [-0.3, -0.25) is 7.91 Å². The van der Waals surface area contributed by atoms with Crippen LogP contribution in [0.3, 0.4) is 0 Å². The average molecular weight is 461 g/mol. The number of benzene rings is 2. The van der Waals surface area contributed by atoms with E-state index in [0.717, 1.165) is 25.9 Å². The minimum absolute atomic E-state index is 0.00964. The molecule has 1 N–H and O–H groups in total. The molecule has 1 heterocycles. The van der Waals surface area contributed by atoms with Gasteiger partial charge in [0.1, 0.15) is 5.75 Å². The lowest BCUT2D eigenvalue weighted by molar-refractivity contribution is -0.113. The molecule has 5 nitrogen and oxygen atoms in total. The number of ether oxygens (including phenoxy) is 1. The predicted octanol–water partition coefficient (Wildman–Crippen LogP) is 3.61. The maximum atomic E-state index is 12.9. The van der Waals surface area contributed by atoms with E-state index in [4.69, 9.17) is 4.74 Å². The molecule has 0 saturated carbocycles. The summed E-state index contributed by atoms with van der Waals surface area (Å²) in [5, 5.41) is 9.68. The van der Waals surface area contributed by atoms with Crippen molar-refractivity contribution in [2.45, 2.75) is 13.3 Å². The molecule has 4 rings (SSSR count). The van der Waals surface area contributed by atoms with E-state index in [1.165, 1.54) is 0 Å². The largest absolute Gasteiger partial charge is 0.508 e. The van der Waals surface area contributed by atoms with Gasteiger partial charge in [-0.15, -0.1) is 0 Å². The summed E-state index contributed by atoms with van der Waals surface area (Å²) < 4.78 is 7.96. The van der Waals surface area contributed by atoms with Gasteiger partial charge in [0.05, 0.1) is 23.4 Å². The van der Waals surface area contributed by atoms with Crippen LogP contribution in [0.5, 0.6) is 5.75 Å². The fraction of sp³-hybridized carbons (Fsp3) is 0.150. The lowest BCUT2D eigenvalue weighted by Gasteiger charge is -2.15. The number of amides is 1. The van der Waals surface area contributed by atoms with Gasteiger partial charge in [0.25, 0.3) is 5.91 Å². The first kappa shape index (κ1) is 17.0.